The molecule has 1 heterocycles. The van der Waals surface area contributed by atoms with Crippen molar-refractivity contribution in [3.05, 3.63) is 102 Å². The van der Waals surface area contributed by atoms with E-state index in [4.69, 9.17) is 4.74 Å². The lowest BCUT2D eigenvalue weighted by Crippen LogP contribution is -2.13. The van der Waals surface area contributed by atoms with E-state index in [1.165, 1.54) is 11.1 Å². The van der Waals surface area contributed by atoms with E-state index in [2.05, 4.69) is 77.9 Å². The smallest absolute Gasteiger partial charge is 0.215 e. The monoisotopic (exact) mass is 383 g/mol. The molecule has 4 heteroatoms. The number of para-hydroxylation sites is 1. The van der Waals surface area contributed by atoms with Gasteiger partial charge >= 0.3 is 0 Å². The zero-order valence-electron chi connectivity index (χ0n) is 16.8. The molecule has 0 radical (unpaired) electrons. The van der Waals surface area contributed by atoms with Crippen LogP contribution in [0.1, 0.15) is 30.9 Å². The van der Waals surface area contributed by atoms with Crippen molar-refractivity contribution in [2.24, 2.45) is 0 Å². The molecule has 3 aromatic carbocycles. The Bertz CT molecular complexity index is 1100. The van der Waals surface area contributed by atoms with Crippen molar-refractivity contribution in [2.75, 3.05) is 6.61 Å². The largest absolute Gasteiger partial charge is 0.478 e. The minimum Gasteiger partial charge on any atom is -0.478 e. The molecule has 146 valence electrons. The van der Waals surface area contributed by atoms with Gasteiger partial charge in [-0.3, -0.25) is 0 Å². The standard InChI is InChI=1S/C25H25N3O/c1-3-29-25(28-24-17-11-10-16-23(24)26-27-28)19(2)22(21-14-8-5-9-15-21)18-20-12-6-4-7-13-20/h4-17,22H,3,18H2,1-2H3/b25-19-. The fourth-order valence-electron chi connectivity index (χ4n) is 3.70. The van der Waals surface area contributed by atoms with E-state index in [0.29, 0.717) is 6.61 Å². The molecule has 0 N–H and O–H groups in total. The highest BCUT2D eigenvalue weighted by Gasteiger charge is 2.21. The average molecular weight is 383 g/mol. The van der Waals surface area contributed by atoms with E-state index in [-0.39, 0.29) is 5.92 Å². The van der Waals surface area contributed by atoms with Crippen LogP contribution in [0.5, 0.6) is 0 Å². The van der Waals surface area contributed by atoms with Crippen LogP contribution in [0.15, 0.2) is 90.5 Å². The van der Waals surface area contributed by atoms with Crippen molar-refractivity contribution >= 4 is 16.9 Å². The third kappa shape index (κ3) is 4.06. The van der Waals surface area contributed by atoms with Crippen LogP contribution in [-0.4, -0.2) is 21.6 Å². The van der Waals surface area contributed by atoms with Crippen LogP contribution in [0.3, 0.4) is 0 Å². The molecule has 0 amide bonds. The molecular formula is C25H25N3O. The lowest BCUT2D eigenvalue weighted by molar-refractivity contribution is 0.268. The second kappa shape index (κ2) is 8.74. The van der Waals surface area contributed by atoms with Gasteiger partial charge in [-0.15, -0.1) is 5.10 Å². The van der Waals surface area contributed by atoms with Crippen LogP contribution in [-0.2, 0) is 11.2 Å². The van der Waals surface area contributed by atoms with Crippen LogP contribution in [0.25, 0.3) is 16.9 Å². The highest BCUT2D eigenvalue weighted by Crippen LogP contribution is 2.33. The van der Waals surface area contributed by atoms with Crippen molar-refractivity contribution in [3.63, 3.8) is 0 Å². The molecule has 0 aliphatic rings. The lowest BCUT2D eigenvalue weighted by atomic mass is 9.86. The van der Waals surface area contributed by atoms with Crippen molar-refractivity contribution in [1.82, 2.24) is 15.0 Å². The molecule has 29 heavy (non-hydrogen) atoms. The van der Waals surface area contributed by atoms with Gasteiger partial charge in [0.05, 0.1) is 12.1 Å². The number of benzene rings is 3. The molecule has 4 aromatic rings. The fraction of sp³-hybridized carbons (Fsp3) is 0.200. The first-order valence-corrected chi connectivity index (χ1v) is 10.0. The molecular weight excluding hydrogens is 358 g/mol. The zero-order chi connectivity index (χ0) is 20.1. The third-order valence-electron chi connectivity index (χ3n) is 5.17. The average Bonchev–Trinajstić information content (AvgIpc) is 3.20. The van der Waals surface area contributed by atoms with E-state index >= 15 is 0 Å². The molecule has 0 aliphatic carbocycles. The summed E-state index contributed by atoms with van der Waals surface area (Å²) in [6, 6.07) is 29.1. The van der Waals surface area contributed by atoms with Gasteiger partial charge in [0.25, 0.3) is 0 Å². The van der Waals surface area contributed by atoms with E-state index in [0.717, 1.165) is 28.9 Å². The summed E-state index contributed by atoms with van der Waals surface area (Å²) in [5, 5.41) is 8.72. The molecule has 0 fully saturated rings. The predicted octanol–water partition coefficient (Wildman–Crippen LogP) is 5.68. The Labute approximate surface area is 171 Å². The second-order valence-corrected chi connectivity index (χ2v) is 7.06. The zero-order valence-corrected chi connectivity index (χ0v) is 16.8. The highest BCUT2D eigenvalue weighted by molar-refractivity contribution is 5.77. The minimum atomic E-state index is 0.170. The number of aromatic nitrogens is 3. The van der Waals surface area contributed by atoms with Crippen LogP contribution >= 0.6 is 0 Å². The van der Waals surface area contributed by atoms with Gasteiger partial charge in [-0.25, -0.2) is 0 Å². The number of hydrogen-bond acceptors (Lipinski definition) is 3. The summed E-state index contributed by atoms with van der Waals surface area (Å²) in [4.78, 5) is 0. The van der Waals surface area contributed by atoms with Crippen molar-refractivity contribution in [2.45, 2.75) is 26.2 Å². The van der Waals surface area contributed by atoms with Crippen molar-refractivity contribution in [3.8, 4) is 0 Å². The van der Waals surface area contributed by atoms with E-state index in [9.17, 15) is 0 Å². The van der Waals surface area contributed by atoms with Crippen LogP contribution in [0, 0.1) is 0 Å². The van der Waals surface area contributed by atoms with Gasteiger partial charge in [0.2, 0.25) is 5.88 Å². The van der Waals surface area contributed by atoms with E-state index in [1.54, 1.807) is 0 Å². The molecule has 4 rings (SSSR count). The Morgan fingerprint density at radius 1 is 0.897 bits per heavy atom. The number of rotatable bonds is 7. The number of nitrogens with zero attached hydrogens (tertiary/aromatic N) is 3. The molecule has 4 nitrogen and oxygen atoms in total. The second-order valence-electron chi connectivity index (χ2n) is 7.06. The number of ether oxygens (including phenoxy) is 1. The molecule has 0 saturated carbocycles. The van der Waals surface area contributed by atoms with Gasteiger partial charge < -0.3 is 4.74 Å². The van der Waals surface area contributed by atoms with E-state index < -0.39 is 0 Å². The van der Waals surface area contributed by atoms with Crippen molar-refractivity contribution in [1.29, 1.82) is 0 Å². The summed E-state index contributed by atoms with van der Waals surface area (Å²) >= 11 is 0. The summed E-state index contributed by atoms with van der Waals surface area (Å²) in [6.07, 6.45) is 0.889. The topological polar surface area (TPSA) is 39.9 Å². The molecule has 0 bridgehead atoms. The Balaban J connectivity index is 1.84. The Kier molecular flexibility index (Phi) is 5.71. The van der Waals surface area contributed by atoms with Gasteiger partial charge in [0.15, 0.2) is 0 Å². The first-order chi connectivity index (χ1) is 14.3. The lowest BCUT2D eigenvalue weighted by Gasteiger charge is -2.22. The maximum absolute atomic E-state index is 6.14. The van der Waals surface area contributed by atoms with Crippen LogP contribution in [0.2, 0.25) is 0 Å². The predicted molar refractivity (Wildman–Crippen MR) is 117 cm³/mol. The highest BCUT2D eigenvalue weighted by atomic mass is 16.5. The summed E-state index contributed by atoms with van der Waals surface area (Å²) in [5.74, 6) is 0.925. The maximum atomic E-state index is 6.14. The molecule has 0 aliphatic heterocycles. The minimum absolute atomic E-state index is 0.170. The van der Waals surface area contributed by atoms with Crippen LogP contribution < -0.4 is 0 Å². The molecule has 0 saturated heterocycles. The first kappa shape index (κ1) is 18.9. The number of fused-ring (bicyclic) bond motifs is 1. The van der Waals surface area contributed by atoms with Crippen LogP contribution in [0.4, 0.5) is 0 Å². The van der Waals surface area contributed by atoms with Gasteiger partial charge in [-0.2, -0.15) is 4.68 Å². The first-order valence-electron chi connectivity index (χ1n) is 10.0. The Morgan fingerprint density at radius 2 is 1.55 bits per heavy atom. The Morgan fingerprint density at radius 3 is 2.28 bits per heavy atom. The number of hydrogen-bond donors (Lipinski definition) is 0. The maximum Gasteiger partial charge on any atom is 0.215 e. The van der Waals surface area contributed by atoms with Gasteiger partial charge in [0, 0.05) is 5.92 Å². The summed E-state index contributed by atoms with van der Waals surface area (Å²) in [7, 11) is 0. The SMILES string of the molecule is CCO/C(=C(/C)C(Cc1ccccc1)c1ccccc1)n1nnc2ccccc21. The molecule has 0 spiro atoms. The summed E-state index contributed by atoms with van der Waals surface area (Å²) in [5.41, 5.74) is 5.49. The van der Waals surface area contributed by atoms with E-state index in [1.807, 2.05) is 35.9 Å². The Hall–Kier alpha value is -3.40. The quantitative estimate of drug-likeness (QED) is 0.385. The molecule has 1 aromatic heterocycles. The van der Waals surface area contributed by atoms with Gasteiger partial charge in [0.1, 0.15) is 5.52 Å². The van der Waals surface area contributed by atoms with Gasteiger partial charge in [-0.05, 0) is 49.1 Å². The number of allylic oxidation sites excluding steroid dienone is 1. The summed E-state index contributed by atoms with van der Waals surface area (Å²) in [6.45, 7) is 4.71. The van der Waals surface area contributed by atoms with Gasteiger partial charge in [-0.1, -0.05) is 78.0 Å². The summed E-state index contributed by atoms with van der Waals surface area (Å²) < 4.78 is 7.96. The molecule has 1 atom stereocenters. The van der Waals surface area contributed by atoms with Crippen molar-refractivity contribution < 1.29 is 4.74 Å². The fourth-order valence-corrected chi connectivity index (χ4v) is 3.70. The third-order valence-corrected chi connectivity index (χ3v) is 5.17. The normalized spacial score (nSPS) is 13.2. The molecule has 1 unspecified atom stereocenters.